The van der Waals surface area contributed by atoms with Crippen molar-refractivity contribution < 1.29 is 14.3 Å². The van der Waals surface area contributed by atoms with Crippen LogP contribution in [0.25, 0.3) is 0 Å². The Labute approximate surface area is 101 Å². The number of nitrogens with one attached hydrogen (secondary N) is 1. The van der Waals surface area contributed by atoms with Crippen molar-refractivity contribution >= 4 is 5.91 Å². The molecular weight excluding hydrogens is 220 g/mol. The Balaban J connectivity index is 2.55. The van der Waals surface area contributed by atoms with Crippen LogP contribution in [0.1, 0.15) is 5.56 Å². The van der Waals surface area contributed by atoms with Crippen LogP contribution >= 0.6 is 0 Å². The summed E-state index contributed by atoms with van der Waals surface area (Å²) in [5, 5.41) is 2.95. The van der Waals surface area contributed by atoms with Gasteiger partial charge >= 0.3 is 0 Å². The molecule has 0 saturated carbocycles. The number of amides is 1. The molecule has 0 saturated heterocycles. The van der Waals surface area contributed by atoms with Gasteiger partial charge in [0.05, 0.1) is 20.8 Å². The van der Waals surface area contributed by atoms with E-state index in [0.717, 1.165) is 23.5 Å². The molecule has 0 spiro atoms. The van der Waals surface area contributed by atoms with Gasteiger partial charge in [0.2, 0.25) is 5.91 Å². The van der Waals surface area contributed by atoms with Crippen molar-refractivity contribution in [2.45, 2.75) is 6.42 Å². The van der Waals surface area contributed by atoms with Crippen LogP contribution in [0.15, 0.2) is 18.2 Å². The molecule has 1 aromatic rings. The minimum Gasteiger partial charge on any atom is -0.497 e. The lowest BCUT2D eigenvalue weighted by atomic mass is 10.1. The summed E-state index contributed by atoms with van der Waals surface area (Å²) in [4.78, 5) is 10.5. The molecule has 5 heteroatoms. The van der Waals surface area contributed by atoms with Gasteiger partial charge in [0.15, 0.2) is 0 Å². The molecule has 94 valence electrons. The van der Waals surface area contributed by atoms with E-state index in [9.17, 15) is 4.79 Å². The fraction of sp³-hybridized carbons (Fsp3) is 0.417. The highest BCUT2D eigenvalue weighted by atomic mass is 16.5. The summed E-state index contributed by atoms with van der Waals surface area (Å²) < 4.78 is 10.4. The Hall–Kier alpha value is -1.75. The molecule has 0 unspecified atom stereocenters. The molecule has 0 aromatic heterocycles. The van der Waals surface area contributed by atoms with Gasteiger partial charge in [-0.1, -0.05) is 6.07 Å². The van der Waals surface area contributed by atoms with E-state index >= 15 is 0 Å². The van der Waals surface area contributed by atoms with Crippen molar-refractivity contribution in [3.8, 4) is 11.5 Å². The Kier molecular flexibility index (Phi) is 5.29. The number of hydrogen-bond donors (Lipinski definition) is 2. The van der Waals surface area contributed by atoms with Crippen molar-refractivity contribution in [3.05, 3.63) is 23.8 Å². The predicted molar refractivity (Wildman–Crippen MR) is 65.3 cm³/mol. The molecular formula is C12H18N2O3. The minimum absolute atomic E-state index is 0.193. The maximum absolute atomic E-state index is 10.5. The van der Waals surface area contributed by atoms with Crippen molar-refractivity contribution in [2.75, 3.05) is 27.3 Å². The molecule has 1 rings (SSSR count). The van der Waals surface area contributed by atoms with Crippen LogP contribution in [0.2, 0.25) is 0 Å². The lowest BCUT2D eigenvalue weighted by molar-refractivity contribution is -0.117. The highest BCUT2D eigenvalue weighted by Gasteiger charge is 2.04. The first kappa shape index (κ1) is 13.3. The average molecular weight is 238 g/mol. The zero-order valence-electron chi connectivity index (χ0n) is 10.2. The third-order valence-electron chi connectivity index (χ3n) is 2.36. The van der Waals surface area contributed by atoms with E-state index in [2.05, 4.69) is 5.32 Å². The van der Waals surface area contributed by atoms with Gasteiger partial charge in [-0.3, -0.25) is 4.79 Å². The molecule has 0 aliphatic carbocycles. The summed E-state index contributed by atoms with van der Waals surface area (Å²) in [7, 11) is 3.23. The molecule has 0 radical (unpaired) electrons. The van der Waals surface area contributed by atoms with E-state index in [0.29, 0.717) is 6.54 Å². The molecule has 0 aliphatic heterocycles. The van der Waals surface area contributed by atoms with Gasteiger partial charge in [-0.2, -0.15) is 0 Å². The topological polar surface area (TPSA) is 73.6 Å². The number of benzene rings is 1. The van der Waals surface area contributed by atoms with Crippen LogP contribution in [0.3, 0.4) is 0 Å². The first-order valence-corrected chi connectivity index (χ1v) is 5.37. The number of carbonyl (C=O) groups is 1. The highest BCUT2D eigenvalue weighted by Crippen LogP contribution is 2.24. The molecule has 0 aliphatic rings. The second-order valence-corrected chi connectivity index (χ2v) is 3.57. The van der Waals surface area contributed by atoms with Gasteiger partial charge in [-0.15, -0.1) is 0 Å². The zero-order valence-corrected chi connectivity index (χ0v) is 10.2. The maximum Gasteiger partial charge on any atom is 0.231 e. The first-order chi connectivity index (χ1) is 8.17. The van der Waals surface area contributed by atoms with Gasteiger partial charge in [-0.05, 0) is 24.6 Å². The summed E-state index contributed by atoms with van der Waals surface area (Å²) >= 11 is 0. The van der Waals surface area contributed by atoms with Crippen molar-refractivity contribution in [1.82, 2.24) is 5.32 Å². The largest absolute Gasteiger partial charge is 0.497 e. The quantitative estimate of drug-likeness (QED) is 0.671. The summed E-state index contributed by atoms with van der Waals surface area (Å²) in [6.45, 7) is 0.865. The monoisotopic (exact) mass is 238 g/mol. The zero-order chi connectivity index (χ0) is 12.7. The molecule has 3 N–H and O–H groups in total. The van der Waals surface area contributed by atoms with Crippen LogP contribution in [-0.2, 0) is 11.2 Å². The van der Waals surface area contributed by atoms with Gasteiger partial charge in [0, 0.05) is 6.07 Å². The number of rotatable bonds is 7. The SMILES string of the molecule is COc1ccc(CCNCC(N)=O)c(OC)c1. The van der Waals surface area contributed by atoms with E-state index in [1.807, 2.05) is 18.2 Å². The smallest absolute Gasteiger partial charge is 0.231 e. The van der Waals surface area contributed by atoms with Crippen molar-refractivity contribution in [3.63, 3.8) is 0 Å². The van der Waals surface area contributed by atoms with Crippen LogP contribution in [0.5, 0.6) is 11.5 Å². The molecule has 17 heavy (non-hydrogen) atoms. The van der Waals surface area contributed by atoms with E-state index in [-0.39, 0.29) is 12.5 Å². The van der Waals surface area contributed by atoms with Gasteiger partial charge < -0.3 is 20.5 Å². The van der Waals surface area contributed by atoms with Gasteiger partial charge in [-0.25, -0.2) is 0 Å². The van der Waals surface area contributed by atoms with Crippen molar-refractivity contribution in [2.24, 2.45) is 5.73 Å². The number of nitrogens with two attached hydrogens (primary N) is 1. The van der Waals surface area contributed by atoms with Gasteiger partial charge in [0.1, 0.15) is 11.5 Å². The molecule has 1 amide bonds. The first-order valence-electron chi connectivity index (χ1n) is 5.37. The average Bonchev–Trinajstić information content (AvgIpc) is 2.34. The Morgan fingerprint density at radius 1 is 1.35 bits per heavy atom. The molecule has 0 heterocycles. The van der Waals surface area contributed by atoms with E-state index in [4.69, 9.17) is 15.2 Å². The predicted octanol–water partition coefficient (Wildman–Crippen LogP) is 0.321. The number of primary amides is 1. The summed E-state index contributed by atoms with van der Waals surface area (Å²) in [6.07, 6.45) is 0.764. The molecule has 0 fully saturated rings. The minimum atomic E-state index is -0.355. The Morgan fingerprint density at radius 3 is 2.71 bits per heavy atom. The number of ether oxygens (including phenoxy) is 2. The Bertz CT molecular complexity index is 380. The third kappa shape index (κ3) is 4.32. The second kappa shape index (κ2) is 6.75. The van der Waals surface area contributed by atoms with Crippen LogP contribution in [-0.4, -0.2) is 33.2 Å². The molecule has 1 aromatic carbocycles. The van der Waals surface area contributed by atoms with Crippen LogP contribution in [0.4, 0.5) is 0 Å². The van der Waals surface area contributed by atoms with Crippen LogP contribution in [0, 0.1) is 0 Å². The summed E-state index contributed by atoms with van der Waals surface area (Å²) in [5.74, 6) is 1.19. The summed E-state index contributed by atoms with van der Waals surface area (Å²) in [6, 6.07) is 5.67. The van der Waals surface area contributed by atoms with Gasteiger partial charge in [0.25, 0.3) is 0 Å². The third-order valence-corrected chi connectivity index (χ3v) is 2.36. The van der Waals surface area contributed by atoms with E-state index < -0.39 is 0 Å². The summed E-state index contributed by atoms with van der Waals surface area (Å²) in [5.41, 5.74) is 6.08. The fourth-order valence-corrected chi connectivity index (χ4v) is 1.49. The molecule has 0 atom stereocenters. The standard InChI is InChI=1S/C12H18N2O3/c1-16-10-4-3-9(11(7-10)17-2)5-6-14-8-12(13)15/h3-4,7,14H,5-6,8H2,1-2H3,(H2,13,15). The molecule has 5 nitrogen and oxygen atoms in total. The Morgan fingerprint density at radius 2 is 2.12 bits per heavy atom. The number of carbonyl (C=O) groups excluding carboxylic acids is 1. The maximum atomic E-state index is 10.5. The normalized spacial score (nSPS) is 10.0. The lowest BCUT2D eigenvalue weighted by Gasteiger charge is -2.10. The highest BCUT2D eigenvalue weighted by molar-refractivity contribution is 5.75. The fourth-order valence-electron chi connectivity index (χ4n) is 1.49. The van der Waals surface area contributed by atoms with E-state index in [1.165, 1.54) is 0 Å². The second-order valence-electron chi connectivity index (χ2n) is 3.57. The molecule has 0 bridgehead atoms. The number of hydrogen-bond acceptors (Lipinski definition) is 4. The number of methoxy groups -OCH3 is 2. The van der Waals surface area contributed by atoms with E-state index in [1.54, 1.807) is 14.2 Å². The lowest BCUT2D eigenvalue weighted by Crippen LogP contribution is -2.29. The van der Waals surface area contributed by atoms with Crippen LogP contribution < -0.4 is 20.5 Å². The van der Waals surface area contributed by atoms with Crippen molar-refractivity contribution in [1.29, 1.82) is 0 Å².